The smallest absolute Gasteiger partial charge is 0.330 e. The minimum atomic E-state index is -0.349. The van der Waals surface area contributed by atoms with E-state index >= 15 is 0 Å². The maximum atomic E-state index is 12.9. The zero-order chi connectivity index (χ0) is 21.5. The van der Waals surface area contributed by atoms with Gasteiger partial charge in [-0.05, 0) is 43.9 Å². The van der Waals surface area contributed by atoms with Crippen molar-refractivity contribution in [1.82, 2.24) is 9.24 Å². The Kier molecular flexibility index (Phi) is 7.85. The summed E-state index contributed by atoms with van der Waals surface area (Å²) >= 11 is 0. The van der Waals surface area contributed by atoms with Crippen LogP contribution in [0.4, 0.5) is 0 Å². The number of nitrogens with zero attached hydrogens (tertiary/aromatic N) is 3. The first-order valence-corrected chi connectivity index (χ1v) is 11.3. The highest BCUT2D eigenvalue weighted by atomic mass is 16.2. The van der Waals surface area contributed by atoms with Crippen LogP contribution in [0, 0.1) is 0 Å². The molecule has 2 aromatic rings. The predicted molar refractivity (Wildman–Crippen MR) is 119 cm³/mol. The molecule has 0 atom stereocenters. The minimum Gasteiger partial charge on any atom is -0.330 e. The predicted octanol–water partition coefficient (Wildman–Crippen LogP) is 3.14. The first-order valence-electron chi connectivity index (χ1n) is 11.3. The molecule has 0 saturated carbocycles. The number of imide groups is 1. The van der Waals surface area contributed by atoms with E-state index in [0.29, 0.717) is 24.8 Å². The molecule has 7 heteroatoms. The van der Waals surface area contributed by atoms with E-state index in [0.717, 1.165) is 48.3 Å². The van der Waals surface area contributed by atoms with Crippen molar-refractivity contribution in [3.05, 3.63) is 34.2 Å². The van der Waals surface area contributed by atoms with Crippen LogP contribution < -0.4 is 16.4 Å². The molecule has 30 heavy (non-hydrogen) atoms. The van der Waals surface area contributed by atoms with Gasteiger partial charge in [0.25, 0.3) is 0 Å². The van der Waals surface area contributed by atoms with Crippen LogP contribution in [0.2, 0.25) is 0 Å². The van der Waals surface area contributed by atoms with Crippen molar-refractivity contribution in [2.45, 2.75) is 77.0 Å². The van der Waals surface area contributed by atoms with Crippen molar-refractivity contribution in [2.75, 3.05) is 11.6 Å². The highest BCUT2D eigenvalue weighted by Gasteiger charge is 2.31. The van der Waals surface area contributed by atoms with Gasteiger partial charge in [-0.3, -0.25) is 14.2 Å². The Hall–Kier alpha value is -2.41. The second-order valence-electron chi connectivity index (χ2n) is 8.26. The fourth-order valence-electron chi connectivity index (χ4n) is 4.36. The summed E-state index contributed by atoms with van der Waals surface area (Å²) in [5.41, 5.74) is 7.71. The number of fused-ring (bicyclic) bond motifs is 1. The first-order chi connectivity index (χ1) is 14.6. The van der Waals surface area contributed by atoms with Gasteiger partial charge in [0.05, 0.1) is 11.0 Å². The van der Waals surface area contributed by atoms with E-state index in [9.17, 15) is 14.4 Å². The van der Waals surface area contributed by atoms with Gasteiger partial charge in [0, 0.05) is 19.9 Å². The number of imidazole rings is 1. The molecule has 0 spiro atoms. The van der Waals surface area contributed by atoms with Gasteiger partial charge in [-0.1, -0.05) is 50.7 Å². The van der Waals surface area contributed by atoms with Crippen molar-refractivity contribution in [2.24, 2.45) is 12.8 Å². The Bertz CT molecular complexity index is 928. The Labute approximate surface area is 177 Å². The number of amides is 2. The molecule has 0 bridgehead atoms. The van der Waals surface area contributed by atoms with Crippen molar-refractivity contribution in [3.8, 4) is 0 Å². The molecule has 1 saturated heterocycles. The molecule has 1 aromatic carbocycles. The first kappa shape index (κ1) is 22.3. The van der Waals surface area contributed by atoms with E-state index in [2.05, 4.69) is 0 Å². The zero-order valence-corrected chi connectivity index (χ0v) is 18.1. The summed E-state index contributed by atoms with van der Waals surface area (Å²) in [5.74, 6) is -0.615. The van der Waals surface area contributed by atoms with Crippen molar-refractivity contribution in [3.63, 3.8) is 0 Å². The van der Waals surface area contributed by atoms with Gasteiger partial charge in [-0.2, -0.15) is 9.69 Å². The Morgan fingerprint density at radius 1 is 0.867 bits per heavy atom. The number of aryl methyl sites for hydroxylation is 2. The number of carbonyl (C=O) groups is 2. The highest BCUT2D eigenvalue weighted by Crippen LogP contribution is 2.22. The average Bonchev–Trinajstić information content (AvgIpc) is 2.98. The number of hydrogen-bond donors (Lipinski definition) is 1. The van der Waals surface area contributed by atoms with Crippen LogP contribution in [0.25, 0.3) is 11.0 Å². The summed E-state index contributed by atoms with van der Waals surface area (Å²) in [6.45, 7) is 0.788. The third-order valence-electron chi connectivity index (χ3n) is 5.98. The van der Waals surface area contributed by atoms with Crippen LogP contribution in [0.15, 0.2) is 23.0 Å². The number of benzene rings is 1. The van der Waals surface area contributed by atoms with Gasteiger partial charge in [0.15, 0.2) is 0 Å². The van der Waals surface area contributed by atoms with Gasteiger partial charge in [-0.15, -0.1) is 0 Å². The molecule has 0 unspecified atom stereocenters. The van der Waals surface area contributed by atoms with Crippen LogP contribution in [0.5, 0.6) is 0 Å². The number of carbonyl (C=O) groups excluding carboxylic acids is 2. The standard InChI is InChI=1S/C23H34N4O3/c1-25-22-18(12-8-6-4-2-3-5-7-9-17-24)13-10-14-19(22)26(23(25)30)27-20(28)15-11-16-21(27)29/h10,13-14H,2-9,11-12,15-17,24H2,1H3. The maximum Gasteiger partial charge on any atom is 0.348 e. The molecule has 164 valence electrons. The summed E-state index contributed by atoms with van der Waals surface area (Å²) in [4.78, 5) is 37.7. The van der Waals surface area contributed by atoms with Gasteiger partial charge in [-0.25, -0.2) is 4.79 Å². The Morgan fingerprint density at radius 3 is 2.10 bits per heavy atom. The van der Waals surface area contributed by atoms with Crippen LogP contribution in [-0.2, 0) is 23.1 Å². The lowest BCUT2D eigenvalue weighted by atomic mass is 10.0. The number of unbranched alkanes of at least 4 members (excludes halogenated alkanes) is 7. The normalized spacial score (nSPS) is 14.8. The van der Waals surface area contributed by atoms with Gasteiger partial charge in [0.2, 0.25) is 11.8 Å². The molecule has 1 aliphatic rings. The number of aromatic nitrogens is 2. The second kappa shape index (κ2) is 10.6. The quantitative estimate of drug-likeness (QED) is 0.452. The maximum absolute atomic E-state index is 12.9. The number of para-hydroxylation sites is 1. The van der Waals surface area contributed by atoms with E-state index < -0.39 is 0 Å². The van der Waals surface area contributed by atoms with E-state index in [1.165, 1.54) is 36.8 Å². The molecular formula is C23H34N4O3. The summed E-state index contributed by atoms with van der Waals surface area (Å²) in [5, 5.41) is 1.04. The fourth-order valence-corrected chi connectivity index (χ4v) is 4.36. The molecule has 1 aromatic heterocycles. The largest absolute Gasteiger partial charge is 0.348 e. The van der Waals surface area contributed by atoms with Crippen molar-refractivity contribution < 1.29 is 9.59 Å². The number of nitrogens with two attached hydrogens (primary N) is 1. The molecule has 1 fully saturated rings. The molecule has 0 aliphatic carbocycles. The fraction of sp³-hybridized carbons (Fsp3) is 0.609. The summed E-state index contributed by atoms with van der Waals surface area (Å²) < 4.78 is 2.83. The van der Waals surface area contributed by atoms with Crippen LogP contribution in [-0.4, -0.2) is 27.6 Å². The van der Waals surface area contributed by atoms with E-state index in [4.69, 9.17) is 5.73 Å². The van der Waals surface area contributed by atoms with Crippen LogP contribution >= 0.6 is 0 Å². The van der Waals surface area contributed by atoms with E-state index in [1.807, 2.05) is 18.2 Å². The second-order valence-corrected chi connectivity index (χ2v) is 8.26. The lowest BCUT2D eigenvalue weighted by molar-refractivity contribution is -0.131. The third kappa shape index (κ3) is 4.83. The highest BCUT2D eigenvalue weighted by molar-refractivity contribution is 6.11. The average molecular weight is 415 g/mol. The van der Waals surface area contributed by atoms with Gasteiger partial charge >= 0.3 is 5.69 Å². The molecule has 2 N–H and O–H groups in total. The van der Waals surface area contributed by atoms with Crippen molar-refractivity contribution in [1.29, 1.82) is 0 Å². The molecule has 1 aliphatic heterocycles. The summed E-state index contributed by atoms with van der Waals surface area (Å²) in [6.07, 6.45) is 11.6. The summed E-state index contributed by atoms with van der Waals surface area (Å²) in [6, 6.07) is 5.76. The molecule has 3 rings (SSSR count). The van der Waals surface area contributed by atoms with Crippen molar-refractivity contribution >= 4 is 22.8 Å². The SMILES string of the molecule is Cn1c(=O)n(N2C(=O)CCCC2=O)c2cccc(CCCCCCCCCCN)c21. The molecule has 0 radical (unpaired) electrons. The number of piperidine rings is 1. The minimum absolute atomic E-state index is 0.292. The van der Waals surface area contributed by atoms with E-state index in [1.54, 1.807) is 11.6 Å². The van der Waals surface area contributed by atoms with Crippen LogP contribution in [0.3, 0.4) is 0 Å². The third-order valence-corrected chi connectivity index (χ3v) is 5.98. The van der Waals surface area contributed by atoms with E-state index in [-0.39, 0.29) is 17.5 Å². The topological polar surface area (TPSA) is 90.3 Å². The zero-order valence-electron chi connectivity index (χ0n) is 18.1. The molecule has 2 heterocycles. The lowest BCUT2D eigenvalue weighted by Gasteiger charge is -2.25. The number of rotatable bonds is 11. The van der Waals surface area contributed by atoms with Gasteiger partial charge in [0.1, 0.15) is 0 Å². The Morgan fingerprint density at radius 2 is 1.47 bits per heavy atom. The summed E-state index contributed by atoms with van der Waals surface area (Å²) in [7, 11) is 1.71. The molecule has 2 amide bonds. The Balaban J connectivity index is 1.68. The molecular weight excluding hydrogens is 380 g/mol. The molecule has 7 nitrogen and oxygen atoms in total. The van der Waals surface area contributed by atoms with Gasteiger partial charge < -0.3 is 5.73 Å². The monoisotopic (exact) mass is 414 g/mol. The number of hydrogen-bond acceptors (Lipinski definition) is 4. The van der Waals surface area contributed by atoms with Crippen LogP contribution in [0.1, 0.15) is 76.2 Å². The lowest BCUT2D eigenvalue weighted by Crippen LogP contribution is -2.52.